The van der Waals surface area contributed by atoms with E-state index in [2.05, 4.69) is 15.9 Å². The van der Waals surface area contributed by atoms with Gasteiger partial charge in [0, 0.05) is 9.35 Å². The summed E-state index contributed by atoms with van der Waals surface area (Å²) in [6.45, 7) is 1.99. The Kier molecular flexibility index (Phi) is 5.92. The van der Waals surface area contributed by atoms with Crippen molar-refractivity contribution in [2.45, 2.75) is 32.3 Å². The number of carboxylic acid groups (broad SMARTS) is 1. The van der Waals surface area contributed by atoms with E-state index in [-0.39, 0.29) is 0 Å². The minimum absolute atomic E-state index is 0.472. The first-order valence-electron chi connectivity index (χ1n) is 5.33. The predicted octanol–water partition coefficient (Wildman–Crippen LogP) is 4.09. The van der Waals surface area contributed by atoms with Crippen molar-refractivity contribution in [2.75, 3.05) is 0 Å². The van der Waals surface area contributed by atoms with Gasteiger partial charge in [0.15, 0.2) is 0 Å². The second-order valence-corrected chi connectivity index (χ2v) is 6.34. The van der Waals surface area contributed by atoms with Crippen molar-refractivity contribution in [2.24, 2.45) is 5.92 Å². The molecule has 0 saturated carbocycles. The van der Waals surface area contributed by atoms with Gasteiger partial charge in [-0.25, -0.2) is 0 Å². The average molecular weight is 342 g/mol. The van der Waals surface area contributed by atoms with Gasteiger partial charge < -0.3 is 10.2 Å². The SMILES string of the molecule is CCCCC(C(=O)O)C(O)c1cc(Br)c(Cl)s1. The van der Waals surface area contributed by atoms with Crippen molar-refractivity contribution in [1.82, 2.24) is 0 Å². The maximum atomic E-state index is 11.1. The van der Waals surface area contributed by atoms with Crippen molar-refractivity contribution in [3.8, 4) is 0 Å². The molecule has 0 bridgehead atoms. The van der Waals surface area contributed by atoms with Gasteiger partial charge in [-0.1, -0.05) is 31.4 Å². The molecule has 0 aromatic carbocycles. The topological polar surface area (TPSA) is 57.5 Å². The summed E-state index contributed by atoms with van der Waals surface area (Å²) in [6, 6.07) is 1.68. The second-order valence-electron chi connectivity index (χ2n) is 3.80. The number of aliphatic carboxylic acids is 1. The lowest BCUT2D eigenvalue weighted by Gasteiger charge is -2.17. The van der Waals surface area contributed by atoms with Crippen molar-refractivity contribution < 1.29 is 15.0 Å². The number of aliphatic hydroxyl groups is 1. The standard InChI is InChI=1S/C11H14BrClO3S/c1-2-3-4-6(11(15)16)9(14)8-5-7(12)10(13)17-8/h5-6,9,14H,2-4H2,1H3,(H,15,16). The third kappa shape index (κ3) is 3.95. The molecule has 0 amide bonds. The number of rotatable bonds is 6. The number of hydrogen-bond donors (Lipinski definition) is 2. The van der Waals surface area contributed by atoms with Gasteiger partial charge in [-0.2, -0.15) is 0 Å². The highest BCUT2D eigenvalue weighted by Crippen LogP contribution is 2.38. The van der Waals surface area contributed by atoms with Crippen LogP contribution in [-0.2, 0) is 4.79 Å². The number of thiophene rings is 1. The number of carboxylic acids is 1. The van der Waals surface area contributed by atoms with E-state index in [0.29, 0.717) is 20.1 Å². The van der Waals surface area contributed by atoms with Gasteiger partial charge >= 0.3 is 5.97 Å². The van der Waals surface area contributed by atoms with Crippen LogP contribution in [0.2, 0.25) is 4.34 Å². The summed E-state index contributed by atoms with van der Waals surface area (Å²) in [4.78, 5) is 11.7. The number of unbranched alkanes of at least 4 members (excludes halogenated alkanes) is 1. The molecule has 6 heteroatoms. The van der Waals surface area contributed by atoms with E-state index in [1.165, 1.54) is 11.3 Å². The summed E-state index contributed by atoms with van der Waals surface area (Å²) < 4.78 is 1.22. The van der Waals surface area contributed by atoms with Crippen LogP contribution in [0.1, 0.15) is 37.2 Å². The molecule has 0 fully saturated rings. The van der Waals surface area contributed by atoms with Crippen LogP contribution < -0.4 is 0 Å². The van der Waals surface area contributed by atoms with Crippen LogP contribution in [0.5, 0.6) is 0 Å². The summed E-state index contributed by atoms with van der Waals surface area (Å²) >= 11 is 10.3. The van der Waals surface area contributed by atoms with Crippen molar-refractivity contribution in [1.29, 1.82) is 0 Å². The fourth-order valence-corrected chi connectivity index (χ4v) is 3.34. The van der Waals surface area contributed by atoms with Crippen LogP contribution in [0.15, 0.2) is 10.5 Å². The lowest BCUT2D eigenvalue weighted by molar-refractivity contribution is -0.146. The molecule has 0 radical (unpaired) electrons. The first-order valence-corrected chi connectivity index (χ1v) is 7.31. The van der Waals surface area contributed by atoms with Crippen molar-refractivity contribution in [3.05, 3.63) is 19.8 Å². The smallest absolute Gasteiger partial charge is 0.309 e. The largest absolute Gasteiger partial charge is 0.481 e. The maximum Gasteiger partial charge on any atom is 0.309 e. The number of aliphatic hydroxyl groups excluding tert-OH is 1. The molecule has 2 N–H and O–H groups in total. The number of carbonyl (C=O) groups is 1. The second kappa shape index (κ2) is 6.73. The minimum atomic E-state index is -0.993. The average Bonchev–Trinajstić information content (AvgIpc) is 2.59. The number of halogens is 2. The monoisotopic (exact) mass is 340 g/mol. The van der Waals surface area contributed by atoms with E-state index < -0.39 is 18.0 Å². The fraction of sp³-hybridized carbons (Fsp3) is 0.545. The van der Waals surface area contributed by atoms with E-state index in [9.17, 15) is 9.90 Å². The van der Waals surface area contributed by atoms with Crippen LogP contribution in [0, 0.1) is 5.92 Å². The molecule has 96 valence electrons. The zero-order valence-electron chi connectivity index (χ0n) is 9.32. The van der Waals surface area contributed by atoms with Gasteiger partial charge in [-0.15, -0.1) is 11.3 Å². The van der Waals surface area contributed by atoms with Crippen LogP contribution in [0.3, 0.4) is 0 Å². The van der Waals surface area contributed by atoms with Gasteiger partial charge in [-0.3, -0.25) is 4.79 Å². The first kappa shape index (κ1) is 15.0. The molecule has 0 saturated heterocycles. The molecule has 2 atom stereocenters. The van der Waals surface area contributed by atoms with Crippen molar-refractivity contribution >= 4 is 44.8 Å². The molecular formula is C11H14BrClO3S. The lowest BCUT2D eigenvalue weighted by Crippen LogP contribution is -2.21. The lowest BCUT2D eigenvalue weighted by atomic mass is 9.95. The van der Waals surface area contributed by atoms with Gasteiger partial charge in [0.1, 0.15) is 10.4 Å². The van der Waals surface area contributed by atoms with Gasteiger partial charge in [0.2, 0.25) is 0 Å². The third-order valence-corrected chi connectivity index (χ3v) is 5.07. The summed E-state index contributed by atoms with van der Waals surface area (Å²) in [5.41, 5.74) is 0. The summed E-state index contributed by atoms with van der Waals surface area (Å²) in [6.07, 6.45) is 1.17. The highest BCUT2D eigenvalue weighted by molar-refractivity contribution is 9.10. The molecule has 0 aliphatic heterocycles. The maximum absolute atomic E-state index is 11.1. The zero-order chi connectivity index (χ0) is 13.0. The van der Waals surface area contributed by atoms with Gasteiger partial charge in [0.25, 0.3) is 0 Å². The highest BCUT2D eigenvalue weighted by atomic mass is 79.9. The number of hydrogen-bond acceptors (Lipinski definition) is 3. The predicted molar refractivity (Wildman–Crippen MR) is 72.6 cm³/mol. The molecule has 1 aromatic heterocycles. The molecule has 1 aromatic rings. The Morgan fingerprint density at radius 1 is 1.65 bits per heavy atom. The molecule has 0 spiro atoms. The van der Waals surface area contributed by atoms with E-state index in [1.54, 1.807) is 6.07 Å². The minimum Gasteiger partial charge on any atom is -0.481 e. The molecule has 3 nitrogen and oxygen atoms in total. The Bertz CT molecular complexity index is 375. The molecule has 17 heavy (non-hydrogen) atoms. The molecule has 0 aliphatic carbocycles. The molecule has 2 unspecified atom stereocenters. The van der Waals surface area contributed by atoms with E-state index in [0.717, 1.165) is 12.8 Å². The first-order chi connectivity index (χ1) is 7.97. The van der Waals surface area contributed by atoms with E-state index in [1.807, 2.05) is 6.92 Å². The Hall–Kier alpha value is -0.100. The summed E-state index contributed by atoms with van der Waals surface area (Å²) in [5, 5.41) is 19.2. The zero-order valence-corrected chi connectivity index (χ0v) is 12.5. The third-order valence-electron chi connectivity index (χ3n) is 2.52. The fourth-order valence-electron chi connectivity index (χ4n) is 1.55. The van der Waals surface area contributed by atoms with Gasteiger partial charge in [-0.05, 0) is 28.4 Å². The van der Waals surface area contributed by atoms with Crippen LogP contribution in [0.25, 0.3) is 0 Å². The molecule has 0 aliphatic rings. The summed E-state index contributed by atoms with van der Waals surface area (Å²) in [5.74, 6) is -1.73. The normalized spacial score (nSPS) is 14.6. The Morgan fingerprint density at radius 3 is 2.71 bits per heavy atom. The Morgan fingerprint density at radius 2 is 2.29 bits per heavy atom. The van der Waals surface area contributed by atoms with E-state index in [4.69, 9.17) is 16.7 Å². The van der Waals surface area contributed by atoms with Gasteiger partial charge in [0.05, 0.1) is 5.92 Å². The van der Waals surface area contributed by atoms with Crippen LogP contribution in [0.4, 0.5) is 0 Å². The summed E-state index contributed by atoms with van der Waals surface area (Å²) in [7, 11) is 0. The Balaban J connectivity index is 2.83. The van der Waals surface area contributed by atoms with Crippen LogP contribution in [-0.4, -0.2) is 16.2 Å². The molecule has 1 heterocycles. The van der Waals surface area contributed by atoms with E-state index >= 15 is 0 Å². The van der Waals surface area contributed by atoms with Crippen molar-refractivity contribution in [3.63, 3.8) is 0 Å². The quantitative estimate of drug-likeness (QED) is 0.819. The Labute approximate surface area is 118 Å². The van der Waals surface area contributed by atoms with Crippen LogP contribution >= 0.6 is 38.9 Å². The molecular weight excluding hydrogens is 328 g/mol. The highest BCUT2D eigenvalue weighted by Gasteiger charge is 2.28. The molecule has 1 rings (SSSR count).